The monoisotopic (exact) mass is 263 g/mol. The molecule has 0 fully saturated rings. The van der Waals surface area contributed by atoms with Crippen LogP contribution in [0.15, 0.2) is 34.1 Å². The van der Waals surface area contributed by atoms with Crippen LogP contribution in [0.3, 0.4) is 0 Å². The van der Waals surface area contributed by atoms with E-state index in [1.165, 1.54) is 24.4 Å². The molecule has 0 unspecified atom stereocenters. The number of aliphatic imine (C=N–C) groups is 1. The number of nitrogens with one attached hydrogen (secondary N) is 2. The summed E-state index contributed by atoms with van der Waals surface area (Å²) in [5.41, 5.74) is 0.133. The summed E-state index contributed by atoms with van der Waals surface area (Å²) in [7, 11) is 0. The van der Waals surface area contributed by atoms with E-state index in [4.69, 9.17) is 17.3 Å². The molecule has 92 valence electrons. The molecule has 4 N–H and O–H groups in total. The fourth-order valence-electron chi connectivity index (χ4n) is 1.29. The normalized spacial score (nSPS) is 10.9. The van der Waals surface area contributed by atoms with Crippen molar-refractivity contribution in [3.8, 4) is 11.5 Å². The lowest BCUT2D eigenvalue weighted by Gasteiger charge is -1.98. The fraction of sp³-hybridized carbons (Fsp3) is 0. The Bertz CT molecular complexity index is 690. The quantitative estimate of drug-likeness (QED) is 0.375. The van der Waals surface area contributed by atoms with Crippen molar-refractivity contribution in [2.24, 2.45) is 4.99 Å². The van der Waals surface area contributed by atoms with Gasteiger partial charge in [0, 0.05) is 12.3 Å². The van der Waals surface area contributed by atoms with E-state index >= 15 is 0 Å². The number of rotatable bonds is 2. The van der Waals surface area contributed by atoms with Crippen LogP contribution in [-0.4, -0.2) is 26.4 Å². The van der Waals surface area contributed by atoms with Crippen molar-refractivity contribution in [2.75, 3.05) is 0 Å². The van der Waals surface area contributed by atoms with E-state index in [1.54, 1.807) is 6.07 Å². The zero-order valence-electron chi connectivity index (χ0n) is 9.04. The van der Waals surface area contributed by atoms with Crippen LogP contribution in [0.25, 0.3) is 0 Å². The van der Waals surface area contributed by atoms with Crippen LogP contribution in [0, 0.1) is 4.64 Å². The lowest BCUT2D eigenvalue weighted by molar-refractivity contribution is 0.403. The standard InChI is InChI=1S/C11H9N3O3S/c15-7-2-1-6(3-8(7)16)5-12-9-4-10(18)14-11(17)13-9/h1-5,15-16H,(H2,13,14,17,18). The molecule has 6 nitrogen and oxygen atoms in total. The highest BCUT2D eigenvalue weighted by Gasteiger charge is 1.98. The Kier molecular flexibility index (Phi) is 3.24. The number of phenols is 2. The average Bonchev–Trinajstić information content (AvgIpc) is 2.29. The first-order valence-electron chi connectivity index (χ1n) is 4.94. The van der Waals surface area contributed by atoms with E-state index in [-0.39, 0.29) is 16.1 Å². The molecular weight excluding hydrogens is 254 g/mol. The minimum atomic E-state index is -0.441. The Morgan fingerprint density at radius 3 is 2.61 bits per heavy atom. The van der Waals surface area contributed by atoms with Crippen molar-refractivity contribution in [1.82, 2.24) is 9.97 Å². The SMILES string of the molecule is O=c1[nH]c(N=Cc2ccc(O)c(O)c2)cc(=S)[nH]1. The molecular formula is C11H9N3O3S. The topological polar surface area (TPSA) is 101 Å². The Labute approximate surface area is 106 Å². The molecule has 0 aliphatic heterocycles. The average molecular weight is 263 g/mol. The first kappa shape index (κ1) is 12.1. The fourth-order valence-corrected chi connectivity index (χ4v) is 1.49. The number of phenolic OH excluding ortho intramolecular Hbond substituents is 2. The molecule has 0 radical (unpaired) electrons. The Balaban J connectivity index is 2.32. The molecule has 1 aromatic heterocycles. The highest BCUT2D eigenvalue weighted by atomic mass is 32.1. The summed E-state index contributed by atoms with van der Waals surface area (Å²) in [4.78, 5) is 19.9. The molecule has 2 aromatic rings. The highest BCUT2D eigenvalue weighted by Crippen LogP contribution is 2.24. The van der Waals surface area contributed by atoms with E-state index in [0.717, 1.165) is 0 Å². The second kappa shape index (κ2) is 4.84. The molecule has 0 bridgehead atoms. The van der Waals surface area contributed by atoms with E-state index in [2.05, 4.69) is 15.0 Å². The third kappa shape index (κ3) is 2.83. The Morgan fingerprint density at radius 1 is 1.17 bits per heavy atom. The second-order valence-electron chi connectivity index (χ2n) is 3.48. The zero-order chi connectivity index (χ0) is 13.1. The maximum Gasteiger partial charge on any atom is 0.325 e. The summed E-state index contributed by atoms with van der Waals surface area (Å²) in [6.07, 6.45) is 1.43. The molecule has 7 heteroatoms. The molecule has 1 heterocycles. The van der Waals surface area contributed by atoms with Crippen molar-refractivity contribution >= 4 is 24.3 Å². The molecule has 0 atom stereocenters. The van der Waals surface area contributed by atoms with E-state index in [0.29, 0.717) is 11.4 Å². The molecule has 0 spiro atoms. The van der Waals surface area contributed by atoms with Crippen molar-refractivity contribution in [3.63, 3.8) is 0 Å². The van der Waals surface area contributed by atoms with Gasteiger partial charge in [0.1, 0.15) is 10.5 Å². The van der Waals surface area contributed by atoms with Crippen LogP contribution in [0.5, 0.6) is 11.5 Å². The lowest BCUT2D eigenvalue weighted by atomic mass is 10.2. The first-order valence-corrected chi connectivity index (χ1v) is 5.35. The van der Waals surface area contributed by atoms with Gasteiger partial charge in [0.15, 0.2) is 11.5 Å². The number of aromatic hydroxyl groups is 2. The van der Waals surface area contributed by atoms with Gasteiger partial charge in [-0.3, -0.25) is 9.97 Å². The molecule has 18 heavy (non-hydrogen) atoms. The molecule has 0 amide bonds. The molecule has 0 saturated carbocycles. The molecule has 1 aromatic carbocycles. The van der Waals surface area contributed by atoms with Crippen LogP contribution >= 0.6 is 12.2 Å². The number of benzene rings is 1. The van der Waals surface area contributed by atoms with Gasteiger partial charge in [0.25, 0.3) is 0 Å². The van der Waals surface area contributed by atoms with E-state index in [1.807, 2.05) is 0 Å². The smallest absolute Gasteiger partial charge is 0.325 e. The van der Waals surface area contributed by atoms with Gasteiger partial charge in [-0.2, -0.15) is 0 Å². The van der Waals surface area contributed by atoms with Crippen LogP contribution in [0.2, 0.25) is 0 Å². The number of hydrogen-bond acceptors (Lipinski definition) is 5. The maximum absolute atomic E-state index is 11.1. The van der Waals surface area contributed by atoms with Crippen molar-refractivity contribution in [2.45, 2.75) is 0 Å². The molecule has 0 saturated heterocycles. The van der Waals surface area contributed by atoms with Gasteiger partial charge in [-0.15, -0.1) is 0 Å². The number of hydrogen-bond donors (Lipinski definition) is 4. The van der Waals surface area contributed by atoms with Gasteiger partial charge in [0.2, 0.25) is 0 Å². The third-order valence-electron chi connectivity index (χ3n) is 2.10. The summed E-state index contributed by atoms with van der Waals surface area (Å²) < 4.78 is 0.277. The predicted molar refractivity (Wildman–Crippen MR) is 69.3 cm³/mol. The number of aromatic nitrogens is 2. The summed E-state index contributed by atoms with van der Waals surface area (Å²) in [5.74, 6) is -0.142. The summed E-state index contributed by atoms with van der Waals surface area (Å²) in [6.45, 7) is 0. The van der Waals surface area contributed by atoms with Crippen molar-refractivity contribution in [1.29, 1.82) is 0 Å². The van der Waals surface area contributed by atoms with Gasteiger partial charge in [0.05, 0.1) is 0 Å². The van der Waals surface area contributed by atoms with Gasteiger partial charge < -0.3 is 10.2 Å². The van der Waals surface area contributed by atoms with Gasteiger partial charge >= 0.3 is 5.69 Å². The van der Waals surface area contributed by atoms with Crippen molar-refractivity contribution < 1.29 is 10.2 Å². The van der Waals surface area contributed by atoms with Gasteiger partial charge in [-0.25, -0.2) is 9.79 Å². The lowest BCUT2D eigenvalue weighted by Crippen LogP contribution is -2.08. The minimum absolute atomic E-state index is 0.206. The maximum atomic E-state index is 11.1. The van der Waals surface area contributed by atoms with Gasteiger partial charge in [-0.05, 0) is 23.8 Å². The first-order chi connectivity index (χ1) is 8.54. The van der Waals surface area contributed by atoms with Gasteiger partial charge in [-0.1, -0.05) is 12.2 Å². The van der Waals surface area contributed by atoms with Crippen LogP contribution in [0.4, 0.5) is 5.82 Å². The van der Waals surface area contributed by atoms with E-state index in [9.17, 15) is 9.90 Å². The van der Waals surface area contributed by atoms with Crippen LogP contribution in [-0.2, 0) is 0 Å². The van der Waals surface area contributed by atoms with Crippen LogP contribution in [0.1, 0.15) is 5.56 Å². The summed E-state index contributed by atoms with van der Waals surface area (Å²) in [6, 6.07) is 5.76. The third-order valence-corrected chi connectivity index (χ3v) is 2.32. The molecule has 0 aliphatic rings. The second-order valence-corrected chi connectivity index (χ2v) is 3.92. The van der Waals surface area contributed by atoms with Crippen LogP contribution < -0.4 is 5.69 Å². The Hall–Kier alpha value is -2.41. The zero-order valence-corrected chi connectivity index (χ0v) is 9.86. The Morgan fingerprint density at radius 2 is 1.94 bits per heavy atom. The predicted octanol–water partition coefficient (Wildman–Crippen LogP) is 1.59. The number of H-pyrrole nitrogens is 2. The number of aromatic amines is 2. The largest absolute Gasteiger partial charge is 0.504 e. The van der Waals surface area contributed by atoms with Crippen molar-refractivity contribution in [3.05, 3.63) is 45.0 Å². The molecule has 2 rings (SSSR count). The number of nitrogens with zero attached hydrogens (tertiary/aromatic N) is 1. The highest BCUT2D eigenvalue weighted by molar-refractivity contribution is 7.71. The summed E-state index contributed by atoms with van der Waals surface area (Å²) >= 11 is 4.83. The summed E-state index contributed by atoms with van der Waals surface area (Å²) in [5, 5.41) is 18.4. The van der Waals surface area contributed by atoms with E-state index < -0.39 is 5.69 Å². The molecule has 0 aliphatic carbocycles. The minimum Gasteiger partial charge on any atom is -0.504 e.